The van der Waals surface area contributed by atoms with Crippen LogP contribution in [-0.2, 0) is 12.8 Å². The second kappa shape index (κ2) is 14.7. The van der Waals surface area contributed by atoms with E-state index in [4.69, 9.17) is 0 Å². The normalized spacial score (nSPS) is 24.1. The van der Waals surface area contributed by atoms with Gasteiger partial charge in [0.05, 0.1) is 0 Å². The Morgan fingerprint density at radius 3 is 2.06 bits per heavy atom. The Morgan fingerprint density at radius 2 is 1.44 bits per heavy atom. The van der Waals surface area contributed by atoms with Crippen molar-refractivity contribution < 1.29 is 0 Å². The van der Waals surface area contributed by atoms with Gasteiger partial charge in [-0.3, -0.25) is 0 Å². The molecule has 3 aromatic rings. The van der Waals surface area contributed by atoms with Gasteiger partial charge in [-0.1, -0.05) is 119 Å². The van der Waals surface area contributed by atoms with Crippen LogP contribution in [-0.4, -0.2) is 0 Å². The second-order valence-electron chi connectivity index (χ2n) is 18.4. The van der Waals surface area contributed by atoms with E-state index in [1.807, 2.05) is 0 Å². The molecule has 0 N–H and O–H groups in total. The van der Waals surface area contributed by atoms with Crippen LogP contribution >= 0.6 is 0 Å². The number of hydrogen-bond acceptors (Lipinski definition) is 0. The van der Waals surface area contributed by atoms with Gasteiger partial charge < -0.3 is 0 Å². The maximum Gasteiger partial charge on any atom is 0.000174 e. The van der Waals surface area contributed by atoms with Crippen molar-refractivity contribution >= 4 is 17.2 Å². The van der Waals surface area contributed by atoms with Crippen LogP contribution < -0.4 is 0 Å². The highest BCUT2D eigenvalue weighted by atomic mass is 14.4. The highest BCUT2D eigenvalue weighted by molar-refractivity contribution is 5.94. The molecule has 264 valence electrons. The van der Waals surface area contributed by atoms with Crippen molar-refractivity contribution in [1.29, 1.82) is 0 Å². The van der Waals surface area contributed by atoms with E-state index in [0.29, 0.717) is 17.3 Å². The van der Waals surface area contributed by atoms with Gasteiger partial charge in [0.15, 0.2) is 0 Å². The first-order chi connectivity index (χ1) is 23.7. The minimum Gasteiger partial charge on any atom is -0.0999 e. The molecule has 0 nitrogen and oxygen atoms in total. The molecule has 7 rings (SSSR count). The highest BCUT2D eigenvalue weighted by Crippen LogP contribution is 2.50. The van der Waals surface area contributed by atoms with Crippen LogP contribution in [0.5, 0.6) is 0 Å². The van der Waals surface area contributed by atoms with Gasteiger partial charge in [0.1, 0.15) is 0 Å². The molecular weight excluding hydrogens is 601 g/mol. The highest BCUT2D eigenvalue weighted by Gasteiger charge is 2.36. The predicted octanol–water partition coefficient (Wildman–Crippen LogP) is 14.5. The molecule has 0 aliphatic heterocycles. The Labute approximate surface area is 305 Å². The van der Waals surface area contributed by atoms with E-state index in [1.165, 1.54) is 112 Å². The maximum atomic E-state index is 4.29. The fraction of sp³-hybridized carbons (Fsp3) is 0.480. The summed E-state index contributed by atoms with van der Waals surface area (Å²) in [5, 5.41) is 0. The van der Waals surface area contributed by atoms with Crippen LogP contribution in [0.15, 0.2) is 78.9 Å². The van der Waals surface area contributed by atoms with E-state index >= 15 is 0 Å². The lowest BCUT2D eigenvalue weighted by Crippen LogP contribution is -2.21. The molecule has 0 saturated heterocycles. The van der Waals surface area contributed by atoms with E-state index in [9.17, 15) is 0 Å². The first-order valence-electron chi connectivity index (χ1n) is 19.8. The third-order valence-corrected chi connectivity index (χ3v) is 12.0. The van der Waals surface area contributed by atoms with Crippen LogP contribution in [0.1, 0.15) is 144 Å². The van der Waals surface area contributed by atoms with Gasteiger partial charge in [-0.2, -0.15) is 0 Å². The number of aryl methyl sites for hydroxylation is 2. The van der Waals surface area contributed by atoms with Crippen molar-refractivity contribution in [3.05, 3.63) is 123 Å². The van der Waals surface area contributed by atoms with Gasteiger partial charge in [-0.05, 0) is 182 Å². The number of benzene rings is 3. The van der Waals surface area contributed by atoms with Crippen LogP contribution in [0.4, 0.5) is 0 Å². The number of rotatable bonds is 7. The standard InChI is InChI=1S/C45H52.C5H12/c1-27(2)20-41-30(6)21-39-24-38(26-43(39)45(41)34-10-8-29(5)9-11-34)37-18-19-40-31(7)22-42(44(40)25-37)33-14-12-32(13-15-33)36-17-16-35(23-36)28(3)4;1-5(2,3)4/h8-11,18-19,21-22,24-25,31-33,35-36H,1,3,12-17,20,23,26H2,2,4-7H3;1-4H3/t31?,32?,33?,35?,36-;/m1./s1. The van der Waals surface area contributed by atoms with Crippen LogP contribution in [0.2, 0.25) is 0 Å². The van der Waals surface area contributed by atoms with Crippen molar-refractivity contribution in [2.45, 2.75) is 126 Å². The Balaban J connectivity index is 0.000000808. The summed E-state index contributed by atoms with van der Waals surface area (Å²) in [4.78, 5) is 0. The quantitative estimate of drug-likeness (QED) is 0.221. The summed E-state index contributed by atoms with van der Waals surface area (Å²) in [6, 6.07) is 19.0. The molecule has 50 heavy (non-hydrogen) atoms. The molecule has 0 spiro atoms. The van der Waals surface area contributed by atoms with Crippen LogP contribution in [0.25, 0.3) is 28.3 Å². The third kappa shape index (κ3) is 8.06. The third-order valence-electron chi connectivity index (χ3n) is 12.0. The summed E-state index contributed by atoms with van der Waals surface area (Å²) in [6.07, 6.45) is 16.8. The molecular formula is C50H64. The van der Waals surface area contributed by atoms with Gasteiger partial charge >= 0.3 is 0 Å². The van der Waals surface area contributed by atoms with Crippen molar-refractivity contribution in [2.75, 3.05) is 0 Å². The number of fused-ring (bicyclic) bond motifs is 2. The van der Waals surface area contributed by atoms with Crippen LogP contribution in [0, 0.1) is 42.9 Å². The Kier molecular flexibility index (Phi) is 10.7. The summed E-state index contributed by atoms with van der Waals surface area (Å²) in [5.41, 5.74) is 20.5. The molecule has 0 amide bonds. The summed E-state index contributed by atoms with van der Waals surface area (Å²) in [7, 11) is 0. The molecule has 4 aliphatic rings. The van der Waals surface area contributed by atoms with Gasteiger partial charge in [0.2, 0.25) is 0 Å². The molecule has 2 saturated carbocycles. The van der Waals surface area contributed by atoms with Crippen molar-refractivity contribution in [1.82, 2.24) is 0 Å². The summed E-state index contributed by atoms with van der Waals surface area (Å²) in [6.45, 7) is 28.6. The van der Waals surface area contributed by atoms with E-state index < -0.39 is 0 Å². The lowest BCUT2D eigenvalue weighted by Gasteiger charge is -2.33. The lowest BCUT2D eigenvalue weighted by molar-refractivity contribution is 0.226. The molecule has 0 heteroatoms. The Bertz CT molecular complexity index is 1800. The molecule has 4 aliphatic carbocycles. The first-order valence-corrected chi connectivity index (χ1v) is 19.8. The van der Waals surface area contributed by atoms with Crippen molar-refractivity contribution in [3.8, 4) is 11.1 Å². The molecule has 0 aromatic heterocycles. The first kappa shape index (κ1) is 36.4. The number of allylic oxidation sites excluding steroid dienone is 5. The monoisotopic (exact) mass is 665 g/mol. The van der Waals surface area contributed by atoms with Crippen LogP contribution in [0.3, 0.4) is 0 Å². The SMILES string of the molecule is C=C(C)Cc1c(C)cc2c(c1-c1ccc(C)cc1)CC(c1ccc3c(c1)C(C1CCC([C@@H]4CCC(C(=C)C)C4)CC1)=CC3C)=C2.CC(C)(C)C. The average Bonchev–Trinajstić information content (AvgIpc) is 3.79. The molecule has 2 unspecified atom stereocenters. The van der Waals surface area contributed by atoms with Gasteiger partial charge in [0.25, 0.3) is 0 Å². The van der Waals surface area contributed by atoms with Gasteiger partial charge in [-0.15, -0.1) is 0 Å². The van der Waals surface area contributed by atoms with Crippen molar-refractivity contribution in [3.63, 3.8) is 0 Å². The largest absolute Gasteiger partial charge is 0.0999 e. The molecule has 0 heterocycles. The molecule has 0 radical (unpaired) electrons. The molecule has 3 aromatic carbocycles. The summed E-state index contributed by atoms with van der Waals surface area (Å²) in [5.74, 6) is 3.88. The van der Waals surface area contributed by atoms with Gasteiger partial charge in [-0.25, -0.2) is 0 Å². The lowest BCUT2D eigenvalue weighted by atomic mass is 9.72. The zero-order chi connectivity index (χ0) is 35.9. The minimum atomic E-state index is 0.500. The zero-order valence-electron chi connectivity index (χ0n) is 32.9. The van der Waals surface area contributed by atoms with E-state index in [0.717, 1.165) is 30.6 Å². The summed E-state index contributed by atoms with van der Waals surface area (Å²) < 4.78 is 0. The maximum absolute atomic E-state index is 4.29. The second-order valence-corrected chi connectivity index (χ2v) is 18.4. The fourth-order valence-electron chi connectivity index (χ4n) is 9.46. The summed E-state index contributed by atoms with van der Waals surface area (Å²) >= 11 is 0. The smallest absolute Gasteiger partial charge is 0.000174 e. The molecule has 2 fully saturated rings. The van der Waals surface area contributed by atoms with Gasteiger partial charge in [0, 0.05) is 5.92 Å². The Hall–Kier alpha value is -3.38. The van der Waals surface area contributed by atoms with E-state index in [-0.39, 0.29) is 0 Å². The predicted molar refractivity (Wildman–Crippen MR) is 221 cm³/mol. The molecule has 0 bridgehead atoms. The zero-order valence-corrected chi connectivity index (χ0v) is 32.9. The number of hydrogen-bond donors (Lipinski definition) is 0. The van der Waals surface area contributed by atoms with E-state index in [2.05, 4.69) is 136 Å². The minimum absolute atomic E-state index is 0.500. The topological polar surface area (TPSA) is 0 Å². The Morgan fingerprint density at radius 1 is 0.800 bits per heavy atom. The van der Waals surface area contributed by atoms with Crippen molar-refractivity contribution in [2.24, 2.45) is 29.1 Å². The molecule has 3 atom stereocenters. The average molecular weight is 665 g/mol. The fourth-order valence-corrected chi connectivity index (χ4v) is 9.46. The van der Waals surface area contributed by atoms with E-state index in [1.54, 1.807) is 11.1 Å².